The molecule has 2 aromatic heterocycles. The first-order valence-corrected chi connectivity index (χ1v) is 9.23. The molecule has 1 aromatic carbocycles. The van der Waals surface area contributed by atoms with Gasteiger partial charge in [0.1, 0.15) is 10.7 Å². The Kier molecular flexibility index (Phi) is 5.92. The Bertz CT molecular complexity index is 1050. The monoisotopic (exact) mass is 420 g/mol. The fraction of sp³-hybridized carbons (Fsp3) is 0.158. The van der Waals surface area contributed by atoms with Crippen molar-refractivity contribution in [1.82, 2.24) is 14.8 Å². The number of amides is 1. The molecule has 0 atom stereocenters. The van der Waals surface area contributed by atoms with Crippen LogP contribution in [0.15, 0.2) is 48.1 Å². The number of anilines is 1. The largest absolute Gasteiger partial charge is 0.416 e. The highest BCUT2D eigenvalue weighted by molar-refractivity contribution is 7.09. The number of hydrogen-bond donors (Lipinski definition) is 1. The van der Waals surface area contributed by atoms with Crippen LogP contribution in [0.25, 0.3) is 6.08 Å². The predicted molar refractivity (Wildman–Crippen MR) is 103 cm³/mol. The van der Waals surface area contributed by atoms with Crippen molar-refractivity contribution in [2.75, 3.05) is 5.32 Å². The SMILES string of the molecule is CC(=O)c1csc(Cn2cc(NC(=O)/C=C/c3ccc(C(F)(F)F)cc3)cn2)n1. The number of rotatable bonds is 6. The zero-order valence-electron chi connectivity index (χ0n) is 15.1. The summed E-state index contributed by atoms with van der Waals surface area (Å²) in [6.45, 7) is 1.80. The van der Waals surface area contributed by atoms with Gasteiger partial charge in [-0.1, -0.05) is 12.1 Å². The summed E-state index contributed by atoms with van der Waals surface area (Å²) in [5, 5.41) is 9.12. The van der Waals surface area contributed by atoms with Crippen LogP contribution >= 0.6 is 11.3 Å². The lowest BCUT2D eigenvalue weighted by Crippen LogP contribution is -2.07. The number of benzene rings is 1. The van der Waals surface area contributed by atoms with E-state index in [4.69, 9.17) is 0 Å². The number of thiazole rings is 1. The van der Waals surface area contributed by atoms with Crippen molar-refractivity contribution in [2.24, 2.45) is 0 Å². The number of carbonyl (C=O) groups is 2. The summed E-state index contributed by atoms with van der Waals surface area (Å²) >= 11 is 1.34. The van der Waals surface area contributed by atoms with E-state index in [1.807, 2.05) is 0 Å². The van der Waals surface area contributed by atoms with Crippen LogP contribution in [0.4, 0.5) is 18.9 Å². The van der Waals surface area contributed by atoms with E-state index in [1.165, 1.54) is 48.7 Å². The van der Waals surface area contributed by atoms with Crippen molar-refractivity contribution in [1.29, 1.82) is 0 Å². The molecule has 29 heavy (non-hydrogen) atoms. The minimum atomic E-state index is -4.40. The van der Waals surface area contributed by atoms with E-state index in [0.717, 1.165) is 12.1 Å². The minimum Gasteiger partial charge on any atom is -0.320 e. The lowest BCUT2D eigenvalue weighted by molar-refractivity contribution is -0.137. The highest BCUT2D eigenvalue weighted by Gasteiger charge is 2.29. The van der Waals surface area contributed by atoms with Gasteiger partial charge >= 0.3 is 6.18 Å². The summed E-state index contributed by atoms with van der Waals surface area (Å²) < 4.78 is 39.2. The molecule has 150 valence electrons. The number of halogens is 3. The third kappa shape index (κ3) is 5.61. The number of nitrogens with one attached hydrogen (secondary N) is 1. The molecule has 0 spiro atoms. The average molecular weight is 420 g/mol. The minimum absolute atomic E-state index is 0.110. The quantitative estimate of drug-likeness (QED) is 0.478. The van der Waals surface area contributed by atoms with Gasteiger partial charge in [-0.3, -0.25) is 14.3 Å². The maximum absolute atomic E-state index is 12.5. The first kappa shape index (κ1) is 20.5. The van der Waals surface area contributed by atoms with Crippen molar-refractivity contribution in [3.8, 4) is 0 Å². The molecule has 0 unspecified atom stereocenters. The van der Waals surface area contributed by atoms with E-state index >= 15 is 0 Å². The smallest absolute Gasteiger partial charge is 0.320 e. The van der Waals surface area contributed by atoms with Gasteiger partial charge in [-0.25, -0.2) is 4.98 Å². The van der Waals surface area contributed by atoms with Gasteiger partial charge in [-0.15, -0.1) is 11.3 Å². The number of aromatic nitrogens is 3. The summed E-state index contributed by atoms with van der Waals surface area (Å²) in [6.07, 6.45) is 1.31. The van der Waals surface area contributed by atoms with Gasteiger partial charge in [0.15, 0.2) is 5.78 Å². The van der Waals surface area contributed by atoms with Crippen LogP contribution in [0.2, 0.25) is 0 Å². The number of hydrogen-bond acceptors (Lipinski definition) is 5. The summed E-state index contributed by atoms with van der Waals surface area (Å²) in [5.41, 5.74) is 0.575. The van der Waals surface area contributed by atoms with Crippen LogP contribution in [0, 0.1) is 0 Å². The van der Waals surface area contributed by atoms with E-state index < -0.39 is 17.6 Å². The molecule has 1 N–H and O–H groups in total. The molecule has 3 rings (SSSR count). The second-order valence-electron chi connectivity index (χ2n) is 6.05. The Hall–Kier alpha value is -3.27. The summed E-state index contributed by atoms with van der Waals surface area (Å²) in [4.78, 5) is 27.5. The van der Waals surface area contributed by atoms with Crippen molar-refractivity contribution in [2.45, 2.75) is 19.6 Å². The third-order valence-electron chi connectivity index (χ3n) is 3.78. The van der Waals surface area contributed by atoms with Crippen LogP contribution < -0.4 is 5.32 Å². The summed E-state index contributed by atoms with van der Waals surface area (Å²) in [5.74, 6) is -0.557. The van der Waals surface area contributed by atoms with Crippen molar-refractivity contribution in [3.63, 3.8) is 0 Å². The molecule has 0 saturated carbocycles. The van der Waals surface area contributed by atoms with Gasteiger partial charge in [0.2, 0.25) is 5.91 Å². The van der Waals surface area contributed by atoms with Crippen LogP contribution in [0.5, 0.6) is 0 Å². The molecule has 6 nitrogen and oxygen atoms in total. The number of alkyl halides is 3. The lowest BCUT2D eigenvalue weighted by atomic mass is 10.1. The van der Waals surface area contributed by atoms with E-state index in [-0.39, 0.29) is 5.78 Å². The van der Waals surface area contributed by atoms with Gasteiger partial charge in [0, 0.05) is 24.6 Å². The Morgan fingerprint density at radius 3 is 2.59 bits per heavy atom. The Balaban J connectivity index is 1.57. The molecule has 0 aliphatic heterocycles. The highest BCUT2D eigenvalue weighted by atomic mass is 32.1. The molecule has 2 heterocycles. The fourth-order valence-electron chi connectivity index (χ4n) is 2.34. The topological polar surface area (TPSA) is 76.9 Å². The predicted octanol–water partition coefficient (Wildman–Crippen LogP) is 4.26. The second kappa shape index (κ2) is 8.39. The number of ketones is 1. The molecule has 0 bridgehead atoms. The number of nitrogens with zero attached hydrogens (tertiary/aromatic N) is 3. The van der Waals surface area contributed by atoms with E-state index in [0.29, 0.717) is 28.5 Å². The van der Waals surface area contributed by atoms with E-state index in [1.54, 1.807) is 16.3 Å². The third-order valence-corrected chi connectivity index (χ3v) is 4.61. The highest BCUT2D eigenvalue weighted by Crippen LogP contribution is 2.29. The molecule has 10 heteroatoms. The van der Waals surface area contributed by atoms with Gasteiger partial charge in [-0.2, -0.15) is 18.3 Å². The van der Waals surface area contributed by atoms with Gasteiger partial charge in [0.25, 0.3) is 0 Å². The van der Waals surface area contributed by atoms with E-state index in [9.17, 15) is 22.8 Å². The molecular weight excluding hydrogens is 405 g/mol. The second-order valence-corrected chi connectivity index (χ2v) is 6.99. The van der Waals surface area contributed by atoms with Crippen LogP contribution in [0.1, 0.15) is 33.5 Å². The molecule has 0 aliphatic rings. The first-order chi connectivity index (χ1) is 13.7. The van der Waals surface area contributed by atoms with Crippen LogP contribution in [0.3, 0.4) is 0 Å². The maximum atomic E-state index is 12.5. The van der Waals surface area contributed by atoms with Gasteiger partial charge < -0.3 is 5.32 Å². The standard InChI is InChI=1S/C19H15F3N4O2S/c1-12(27)16-11-29-18(25-16)10-26-9-15(8-23-26)24-17(28)7-4-13-2-5-14(6-3-13)19(20,21)22/h2-9,11H,10H2,1H3,(H,24,28)/b7-4+. The summed E-state index contributed by atoms with van der Waals surface area (Å²) in [6, 6.07) is 4.48. The normalized spacial score (nSPS) is 11.7. The molecule has 0 radical (unpaired) electrons. The first-order valence-electron chi connectivity index (χ1n) is 8.35. The van der Waals surface area contributed by atoms with Crippen molar-refractivity contribution < 1.29 is 22.8 Å². The number of Topliss-reactive ketones (excluding diaryl/α,β-unsaturated/α-hetero) is 1. The van der Waals surface area contributed by atoms with Gasteiger partial charge in [0.05, 0.1) is 24.0 Å². The molecule has 1 amide bonds. The number of carbonyl (C=O) groups excluding carboxylic acids is 2. The van der Waals surface area contributed by atoms with Gasteiger partial charge in [-0.05, 0) is 23.8 Å². The molecule has 0 aliphatic carbocycles. The van der Waals surface area contributed by atoms with Crippen LogP contribution in [-0.4, -0.2) is 26.5 Å². The molecular formula is C19H15F3N4O2S. The zero-order valence-corrected chi connectivity index (χ0v) is 15.9. The Morgan fingerprint density at radius 1 is 1.24 bits per heavy atom. The fourth-order valence-corrected chi connectivity index (χ4v) is 3.16. The Labute approximate surface area is 167 Å². The van der Waals surface area contributed by atoms with Crippen molar-refractivity contribution >= 4 is 34.8 Å². The zero-order chi connectivity index (χ0) is 21.0. The molecule has 0 fully saturated rings. The lowest BCUT2D eigenvalue weighted by Gasteiger charge is -2.05. The van der Waals surface area contributed by atoms with E-state index in [2.05, 4.69) is 15.4 Å². The average Bonchev–Trinajstić information content (AvgIpc) is 3.30. The van der Waals surface area contributed by atoms with Crippen LogP contribution in [-0.2, 0) is 17.5 Å². The summed E-state index contributed by atoms with van der Waals surface area (Å²) in [7, 11) is 0. The molecule has 0 saturated heterocycles. The molecule has 3 aromatic rings. The Morgan fingerprint density at radius 2 is 1.97 bits per heavy atom. The maximum Gasteiger partial charge on any atom is 0.416 e. The van der Waals surface area contributed by atoms with Crippen molar-refractivity contribution in [3.05, 3.63) is 69.9 Å².